The predicted molar refractivity (Wildman–Crippen MR) is 127 cm³/mol. The van der Waals surface area contributed by atoms with Crippen molar-refractivity contribution in [1.29, 1.82) is 0 Å². The number of amides is 1. The fourth-order valence-electron chi connectivity index (χ4n) is 8.23. The van der Waals surface area contributed by atoms with E-state index in [1.165, 1.54) is 6.08 Å². The summed E-state index contributed by atoms with van der Waals surface area (Å²) >= 11 is 0. The van der Waals surface area contributed by atoms with Crippen molar-refractivity contribution in [2.75, 3.05) is 5.32 Å². The van der Waals surface area contributed by atoms with Crippen molar-refractivity contribution in [3.63, 3.8) is 0 Å². The van der Waals surface area contributed by atoms with E-state index in [4.69, 9.17) is 4.74 Å². The number of halogens is 6. The molecule has 1 heterocycles. The number of hydrogen-bond donors (Lipinski definition) is 1. The number of esters is 1. The Labute approximate surface area is 217 Å². The Hall–Kier alpha value is -2.52. The van der Waals surface area contributed by atoms with Crippen molar-refractivity contribution < 1.29 is 40.7 Å². The fourth-order valence-corrected chi connectivity index (χ4v) is 8.23. The Bertz CT molecular complexity index is 1180. The molecule has 1 aromatic rings. The molecule has 3 aliphatic carbocycles. The largest absolute Gasteiger partial charge is 0.458 e. The molecule has 0 spiro atoms. The molecule has 0 bridgehead atoms. The van der Waals surface area contributed by atoms with Gasteiger partial charge in [0.15, 0.2) is 0 Å². The Kier molecular flexibility index (Phi) is 6.23. The molecule has 1 aliphatic heterocycles. The molecule has 0 aromatic heterocycles. The van der Waals surface area contributed by atoms with E-state index in [1.807, 2.05) is 6.08 Å². The van der Waals surface area contributed by atoms with Crippen LogP contribution in [-0.2, 0) is 26.7 Å². The first-order chi connectivity index (χ1) is 17.5. The second-order valence-corrected chi connectivity index (χ2v) is 12.2. The van der Waals surface area contributed by atoms with E-state index in [1.54, 1.807) is 0 Å². The number of carbonyl (C=O) groups excluding carboxylic acids is 2. The van der Waals surface area contributed by atoms with Gasteiger partial charge in [-0.05, 0) is 73.3 Å². The summed E-state index contributed by atoms with van der Waals surface area (Å²) in [6, 6.07) is 2.12. The van der Waals surface area contributed by atoms with Crippen LogP contribution in [0, 0.1) is 40.4 Å². The maximum atomic E-state index is 13.7. The van der Waals surface area contributed by atoms with Crippen molar-refractivity contribution in [3.05, 3.63) is 41.5 Å². The summed E-state index contributed by atoms with van der Waals surface area (Å²) in [6.07, 6.45) is -3.99. The van der Waals surface area contributed by atoms with Gasteiger partial charge >= 0.3 is 18.3 Å². The van der Waals surface area contributed by atoms with E-state index in [0.717, 1.165) is 25.0 Å². The Morgan fingerprint density at radius 2 is 1.76 bits per heavy atom. The van der Waals surface area contributed by atoms with Gasteiger partial charge in [0.2, 0.25) is 5.91 Å². The highest BCUT2D eigenvalue weighted by molar-refractivity contribution is 5.94. The number of ether oxygens (including phenoxy) is 1. The molecule has 1 aromatic carbocycles. The van der Waals surface area contributed by atoms with Gasteiger partial charge in [0.05, 0.1) is 16.8 Å². The fraction of sp³-hybridized carbons (Fsp3) is 0.643. The van der Waals surface area contributed by atoms with Crippen molar-refractivity contribution in [3.8, 4) is 0 Å². The average Bonchev–Trinajstić information content (AvgIpc) is 3.16. The van der Waals surface area contributed by atoms with E-state index >= 15 is 0 Å². The van der Waals surface area contributed by atoms with Crippen LogP contribution in [0.5, 0.6) is 0 Å². The van der Waals surface area contributed by atoms with E-state index in [2.05, 4.69) is 26.1 Å². The highest BCUT2D eigenvalue weighted by Crippen LogP contribution is 2.66. The number of alkyl halides is 6. The van der Waals surface area contributed by atoms with Crippen LogP contribution < -0.4 is 5.32 Å². The van der Waals surface area contributed by atoms with Gasteiger partial charge in [0.25, 0.3) is 0 Å². The number of anilines is 1. The van der Waals surface area contributed by atoms with Gasteiger partial charge in [0, 0.05) is 17.4 Å². The minimum absolute atomic E-state index is 0.124. The summed E-state index contributed by atoms with van der Waals surface area (Å²) in [5, 5.41) is 2.21. The molecule has 1 N–H and O–H groups in total. The third-order valence-electron chi connectivity index (χ3n) is 9.96. The third kappa shape index (κ3) is 4.31. The van der Waals surface area contributed by atoms with Crippen molar-refractivity contribution in [2.45, 2.75) is 71.3 Å². The normalized spacial score (nSPS) is 38.6. The lowest BCUT2D eigenvalue weighted by Crippen LogP contribution is -2.57. The molecule has 3 saturated carbocycles. The van der Waals surface area contributed by atoms with E-state index in [-0.39, 0.29) is 46.6 Å². The summed E-state index contributed by atoms with van der Waals surface area (Å²) in [4.78, 5) is 25.2. The van der Waals surface area contributed by atoms with E-state index in [9.17, 15) is 35.9 Å². The van der Waals surface area contributed by atoms with Crippen molar-refractivity contribution in [2.24, 2.45) is 40.4 Å². The second-order valence-electron chi connectivity index (χ2n) is 12.2. The predicted octanol–water partition coefficient (Wildman–Crippen LogP) is 7.25. The molecule has 4 aliphatic rings. The molecule has 10 heteroatoms. The maximum absolute atomic E-state index is 13.7. The second kappa shape index (κ2) is 8.74. The number of fused-ring (bicyclic) bond motifs is 5. The van der Waals surface area contributed by atoms with E-state index < -0.39 is 41.0 Å². The molecule has 38 heavy (non-hydrogen) atoms. The molecule has 3 unspecified atom stereocenters. The first kappa shape index (κ1) is 27.1. The monoisotopic (exact) mass is 543 g/mol. The standard InChI is InChI=1S/C28H31F6NO3/c1-14-11-20-26(3,10-8-21(36)38-20)16-7-9-25(2)13-15(12-18(25)22(14)16)24(37)35-19-6-4-5-17(27(29,30)31)23(19)28(32,33)34/h4-6,8,10,14-16,18,20,22H,7,9,11-13H2,1-3H3,(H,35,37)/t14?,15?,16-,18+,20?,22-,25-,26-/m1/s1. The average molecular weight is 544 g/mol. The molecule has 1 amide bonds. The molecule has 0 saturated heterocycles. The van der Waals surface area contributed by atoms with Crippen molar-refractivity contribution >= 4 is 17.6 Å². The minimum atomic E-state index is -5.29. The van der Waals surface area contributed by atoms with Gasteiger partial charge in [-0.3, -0.25) is 4.79 Å². The van der Waals surface area contributed by atoms with Gasteiger partial charge in [-0.25, -0.2) is 4.79 Å². The molecular weight excluding hydrogens is 512 g/mol. The van der Waals surface area contributed by atoms with Gasteiger partial charge in [-0.15, -0.1) is 0 Å². The third-order valence-corrected chi connectivity index (χ3v) is 9.96. The zero-order valence-electron chi connectivity index (χ0n) is 21.4. The maximum Gasteiger partial charge on any atom is 0.419 e. The molecule has 0 radical (unpaired) electrons. The molecule has 3 fully saturated rings. The minimum Gasteiger partial charge on any atom is -0.458 e. The summed E-state index contributed by atoms with van der Waals surface area (Å²) in [6.45, 7) is 6.35. The zero-order valence-corrected chi connectivity index (χ0v) is 21.4. The van der Waals surface area contributed by atoms with Crippen LogP contribution in [-0.4, -0.2) is 18.0 Å². The summed E-state index contributed by atoms with van der Waals surface area (Å²) < 4.78 is 86.9. The van der Waals surface area contributed by atoms with Crippen LogP contribution in [0.2, 0.25) is 0 Å². The Balaban J connectivity index is 1.41. The Morgan fingerprint density at radius 3 is 2.42 bits per heavy atom. The van der Waals surface area contributed by atoms with E-state index in [0.29, 0.717) is 25.3 Å². The van der Waals surface area contributed by atoms with Crippen LogP contribution in [0.15, 0.2) is 30.4 Å². The molecule has 4 nitrogen and oxygen atoms in total. The van der Waals surface area contributed by atoms with Crippen LogP contribution in [0.25, 0.3) is 0 Å². The molecule has 8 atom stereocenters. The first-order valence-corrected chi connectivity index (χ1v) is 13.0. The number of benzene rings is 1. The topological polar surface area (TPSA) is 55.4 Å². The van der Waals surface area contributed by atoms with Crippen LogP contribution in [0.3, 0.4) is 0 Å². The number of hydrogen-bond acceptors (Lipinski definition) is 3. The number of carbonyl (C=O) groups is 2. The first-order valence-electron chi connectivity index (χ1n) is 13.0. The van der Waals surface area contributed by atoms with Crippen LogP contribution in [0.4, 0.5) is 32.0 Å². The molecule has 5 rings (SSSR count). The smallest absolute Gasteiger partial charge is 0.419 e. The lowest BCUT2D eigenvalue weighted by Gasteiger charge is -2.59. The summed E-state index contributed by atoms with van der Waals surface area (Å²) in [7, 11) is 0. The van der Waals surface area contributed by atoms with Gasteiger partial charge in [-0.2, -0.15) is 26.3 Å². The lowest BCUT2D eigenvalue weighted by molar-refractivity contribution is -0.173. The number of nitrogens with one attached hydrogen (secondary N) is 1. The SMILES string of the molecule is CC1CC2OC(=O)C=C[C@]2(C)[C@@H]2CC[C@]3(C)CC(C(=O)Nc4cccc(C(F)(F)F)c4C(F)(F)F)C[C@H]3[C@H]12. The number of rotatable bonds is 2. The highest BCUT2D eigenvalue weighted by atomic mass is 19.4. The van der Waals surface area contributed by atoms with Crippen molar-refractivity contribution in [1.82, 2.24) is 0 Å². The molecular formula is C28H31F6NO3. The lowest BCUT2D eigenvalue weighted by atomic mass is 9.47. The van der Waals surface area contributed by atoms with Crippen LogP contribution in [0.1, 0.15) is 64.0 Å². The zero-order chi connectivity index (χ0) is 27.8. The summed E-state index contributed by atoms with van der Waals surface area (Å²) in [5.41, 5.74) is -5.10. The molecule has 208 valence electrons. The van der Waals surface area contributed by atoms with Gasteiger partial charge < -0.3 is 10.1 Å². The Morgan fingerprint density at radius 1 is 1.05 bits per heavy atom. The van der Waals surface area contributed by atoms with Gasteiger partial charge in [-0.1, -0.05) is 32.9 Å². The highest BCUT2D eigenvalue weighted by Gasteiger charge is 2.62. The quantitative estimate of drug-likeness (QED) is 0.316. The van der Waals surface area contributed by atoms with Gasteiger partial charge in [0.1, 0.15) is 6.10 Å². The summed E-state index contributed by atoms with van der Waals surface area (Å²) in [5.74, 6) is -0.847. The van der Waals surface area contributed by atoms with Crippen LogP contribution >= 0.6 is 0 Å².